The SMILES string of the molecule is CCc1nnc2n(O)cccc1-2. The van der Waals surface area contributed by atoms with E-state index in [2.05, 4.69) is 10.2 Å². The lowest BCUT2D eigenvalue weighted by Gasteiger charge is -2.01. The van der Waals surface area contributed by atoms with Crippen molar-refractivity contribution in [3.8, 4) is 11.4 Å². The Hall–Kier alpha value is -1.58. The normalized spacial score (nSPS) is 10.8. The van der Waals surface area contributed by atoms with Crippen LogP contribution in [0.1, 0.15) is 12.6 Å². The Morgan fingerprint density at radius 2 is 2.33 bits per heavy atom. The number of pyridine rings is 1. The Labute approximate surface area is 69.8 Å². The molecule has 0 aromatic carbocycles. The predicted molar refractivity (Wildman–Crippen MR) is 43.2 cm³/mol. The second-order valence-corrected chi connectivity index (χ2v) is 2.59. The number of rotatable bonds is 1. The number of hydrogen-bond donors (Lipinski definition) is 1. The highest BCUT2D eigenvalue weighted by atomic mass is 16.5. The fraction of sp³-hybridized carbons (Fsp3) is 0.250. The standard InChI is InChI=1S/C8H9N3O/c1-2-7-6-4-3-5-11(12)8(6)10-9-7/h3-5,12H,2H2,1H3. The summed E-state index contributed by atoms with van der Waals surface area (Å²) in [6.45, 7) is 2.01. The second-order valence-electron chi connectivity index (χ2n) is 2.59. The van der Waals surface area contributed by atoms with Gasteiger partial charge < -0.3 is 5.21 Å². The number of aromatic nitrogens is 3. The molecular formula is C8H9N3O. The van der Waals surface area contributed by atoms with Crippen LogP contribution in [0, 0.1) is 0 Å². The predicted octanol–water partition coefficient (Wildman–Crippen LogP) is 1.18. The van der Waals surface area contributed by atoms with Crippen LogP contribution in [0.4, 0.5) is 0 Å². The van der Waals surface area contributed by atoms with Crippen LogP contribution in [-0.2, 0) is 6.42 Å². The van der Waals surface area contributed by atoms with Gasteiger partial charge in [-0.25, -0.2) is 0 Å². The van der Waals surface area contributed by atoms with E-state index in [1.807, 2.05) is 13.0 Å². The summed E-state index contributed by atoms with van der Waals surface area (Å²) >= 11 is 0. The van der Waals surface area contributed by atoms with Gasteiger partial charge >= 0.3 is 0 Å². The fourth-order valence-electron chi connectivity index (χ4n) is 1.24. The molecule has 0 fully saturated rings. The molecule has 0 aromatic rings. The van der Waals surface area contributed by atoms with Gasteiger partial charge in [-0.2, -0.15) is 9.83 Å². The summed E-state index contributed by atoms with van der Waals surface area (Å²) in [5.41, 5.74) is 1.84. The molecule has 0 radical (unpaired) electrons. The summed E-state index contributed by atoms with van der Waals surface area (Å²) < 4.78 is 0.988. The third-order valence-corrected chi connectivity index (χ3v) is 1.86. The summed E-state index contributed by atoms with van der Waals surface area (Å²) in [5, 5.41) is 17.1. The van der Waals surface area contributed by atoms with Crippen LogP contribution < -0.4 is 0 Å². The van der Waals surface area contributed by atoms with Gasteiger partial charge in [-0.15, -0.1) is 5.10 Å². The van der Waals surface area contributed by atoms with E-state index >= 15 is 0 Å². The van der Waals surface area contributed by atoms with Gasteiger partial charge in [0.25, 0.3) is 0 Å². The topological polar surface area (TPSA) is 50.9 Å². The number of aryl methyl sites for hydroxylation is 1. The molecule has 0 aromatic heterocycles. The minimum atomic E-state index is 0.523. The van der Waals surface area contributed by atoms with Crippen molar-refractivity contribution in [3.63, 3.8) is 0 Å². The molecule has 2 heterocycles. The average molecular weight is 163 g/mol. The van der Waals surface area contributed by atoms with E-state index in [9.17, 15) is 5.21 Å². The Kier molecular flexibility index (Phi) is 1.46. The van der Waals surface area contributed by atoms with Gasteiger partial charge in [0.1, 0.15) is 0 Å². The molecule has 0 bridgehead atoms. The van der Waals surface area contributed by atoms with E-state index in [-0.39, 0.29) is 0 Å². The van der Waals surface area contributed by atoms with Crippen molar-refractivity contribution in [1.29, 1.82) is 0 Å². The zero-order valence-electron chi connectivity index (χ0n) is 6.73. The number of fused-ring (bicyclic) bond motifs is 1. The van der Waals surface area contributed by atoms with Crippen LogP contribution in [-0.4, -0.2) is 20.1 Å². The van der Waals surface area contributed by atoms with E-state index in [1.54, 1.807) is 6.07 Å². The Morgan fingerprint density at radius 1 is 1.50 bits per heavy atom. The Balaban J connectivity index is 2.67. The molecule has 62 valence electrons. The quantitative estimate of drug-likeness (QED) is 0.642. The maximum absolute atomic E-state index is 9.29. The third kappa shape index (κ3) is 0.845. The molecular weight excluding hydrogens is 154 g/mol. The maximum atomic E-state index is 9.29. The van der Waals surface area contributed by atoms with Gasteiger partial charge in [0.15, 0.2) is 5.82 Å². The Morgan fingerprint density at radius 3 is 3.08 bits per heavy atom. The van der Waals surface area contributed by atoms with E-state index in [0.29, 0.717) is 5.82 Å². The Bertz CT molecular complexity index is 369. The van der Waals surface area contributed by atoms with Crippen molar-refractivity contribution >= 4 is 0 Å². The van der Waals surface area contributed by atoms with Gasteiger partial charge in [-0.3, -0.25) is 0 Å². The van der Waals surface area contributed by atoms with Crippen molar-refractivity contribution in [1.82, 2.24) is 14.9 Å². The van der Waals surface area contributed by atoms with Crippen LogP contribution in [0.15, 0.2) is 18.3 Å². The second kappa shape index (κ2) is 2.48. The summed E-state index contributed by atoms with van der Waals surface area (Å²) in [6, 6.07) is 3.67. The van der Waals surface area contributed by atoms with E-state index in [1.165, 1.54) is 6.20 Å². The monoisotopic (exact) mass is 163 g/mol. The summed E-state index contributed by atoms with van der Waals surface area (Å²) in [4.78, 5) is 0. The summed E-state index contributed by atoms with van der Waals surface area (Å²) in [6.07, 6.45) is 2.37. The minimum Gasteiger partial charge on any atom is -0.427 e. The molecule has 0 aliphatic carbocycles. The fourth-order valence-corrected chi connectivity index (χ4v) is 1.24. The van der Waals surface area contributed by atoms with Gasteiger partial charge in [-0.05, 0) is 18.6 Å². The maximum Gasteiger partial charge on any atom is 0.198 e. The summed E-state index contributed by atoms with van der Waals surface area (Å²) in [5.74, 6) is 0.523. The molecule has 0 spiro atoms. The minimum absolute atomic E-state index is 0.523. The molecule has 0 saturated carbocycles. The smallest absolute Gasteiger partial charge is 0.198 e. The van der Waals surface area contributed by atoms with Crippen molar-refractivity contribution in [2.24, 2.45) is 0 Å². The summed E-state index contributed by atoms with van der Waals surface area (Å²) in [7, 11) is 0. The van der Waals surface area contributed by atoms with Gasteiger partial charge in [0.05, 0.1) is 5.69 Å². The van der Waals surface area contributed by atoms with Crippen LogP contribution in [0.3, 0.4) is 0 Å². The van der Waals surface area contributed by atoms with E-state index in [0.717, 1.165) is 22.4 Å². The molecule has 4 nitrogen and oxygen atoms in total. The molecule has 12 heavy (non-hydrogen) atoms. The molecule has 2 aliphatic heterocycles. The lowest BCUT2D eigenvalue weighted by Crippen LogP contribution is -1.97. The molecule has 2 aliphatic rings. The van der Waals surface area contributed by atoms with E-state index < -0.39 is 0 Å². The average Bonchev–Trinajstić information content (AvgIpc) is 2.49. The van der Waals surface area contributed by atoms with Crippen molar-refractivity contribution in [2.45, 2.75) is 13.3 Å². The highest BCUT2D eigenvalue weighted by Gasteiger charge is 2.13. The first-order valence-electron chi connectivity index (χ1n) is 3.85. The molecule has 0 atom stereocenters. The molecule has 4 heteroatoms. The van der Waals surface area contributed by atoms with Crippen molar-refractivity contribution < 1.29 is 5.21 Å². The van der Waals surface area contributed by atoms with Crippen LogP contribution >= 0.6 is 0 Å². The lowest BCUT2D eigenvalue weighted by molar-refractivity contribution is 0.186. The molecule has 0 amide bonds. The largest absolute Gasteiger partial charge is 0.427 e. The first-order valence-corrected chi connectivity index (χ1v) is 3.85. The van der Waals surface area contributed by atoms with Crippen LogP contribution in [0.5, 0.6) is 0 Å². The molecule has 0 unspecified atom stereocenters. The van der Waals surface area contributed by atoms with Gasteiger partial charge in [-0.1, -0.05) is 6.92 Å². The van der Waals surface area contributed by atoms with Crippen molar-refractivity contribution in [3.05, 3.63) is 24.0 Å². The van der Waals surface area contributed by atoms with Crippen molar-refractivity contribution in [2.75, 3.05) is 0 Å². The number of nitrogens with zero attached hydrogens (tertiary/aromatic N) is 3. The zero-order valence-corrected chi connectivity index (χ0v) is 6.73. The van der Waals surface area contributed by atoms with Crippen LogP contribution in [0.2, 0.25) is 0 Å². The highest BCUT2D eigenvalue weighted by Crippen LogP contribution is 2.21. The van der Waals surface area contributed by atoms with E-state index in [4.69, 9.17) is 0 Å². The zero-order chi connectivity index (χ0) is 8.55. The van der Waals surface area contributed by atoms with Gasteiger partial charge in [0.2, 0.25) is 0 Å². The first-order chi connectivity index (χ1) is 5.83. The highest BCUT2D eigenvalue weighted by molar-refractivity contribution is 5.59. The molecule has 0 saturated heterocycles. The molecule has 2 rings (SSSR count). The van der Waals surface area contributed by atoms with Crippen LogP contribution in [0.25, 0.3) is 11.4 Å². The third-order valence-electron chi connectivity index (χ3n) is 1.86. The van der Waals surface area contributed by atoms with Gasteiger partial charge in [0, 0.05) is 11.8 Å². The molecule has 1 N–H and O–H groups in total. The number of hydrogen-bond acceptors (Lipinski definition) is 3. The lowest BCUT2D eigenvalue weighted by atomic mass is 10.1. The first kappa shape index (κ1) is 7.09.